The van der Waals surface area contributed by atoms with Crippen LogP contribution in [0.3, 0.4) is 0 Å². The van der Waals surface area contributed by atoms with Crippen LogP contribution in [0.2, 0.25) is 0 Å². The van der Waals surface area contributed by atoms with Crippen molar-refractivity contribution in [1.29, 1.82) is 0 Å². The second kappa shape index (κ2) is 4.84. The summed E-state index contributed by atoms with van der Waals surface area (Å²) in [5.41, 5.74) is 0.452. The number of aliphatic hydroxyl groups excluding tert-OH is 1. The minimum absolute atomic E-state index is 0.226. The molecule has 1 aromatic rings. The molecule has 0 spiro atoms. The van der Waals surface area contributed by atoms with Crippen LogP contribution in [0.5, 0.6) is 0 Å². The van der Waals surface area contributed by atoms with Crippen LogP contribution < -0.4 is 4.72 Å². The average molecular weight is 348 g/mol. The first-order valence-electron chi connectivity index (χ1n) is 6.11. The Morgan fingerprint density at radius 3 is 2.53 bits per heavy atom. The van der Waals surface area contributed by atoms with Crippen LogP contribution in [0.1, 0.15) is 25.8 Å². The Bertz CT molecular complexity index is 598. The number of rotatable bonds is 3. The Kier molecular flexibility index (Phi) is 3.81. The van der Waals surface area contributed by atoms with E-state index in [-0.39, 0.29) is 10.9 Å². The van der Waals surface area contributed by atoms with E-state index in [4.69, 9.17) is 0 Å². The van der Waals surface area contributed by atoms with E-state index in [1.807, 2.05) is 20.8 Å². The average Bonchev–Trinajstić information content (AvgIpc) is 2.32. The minimum atomic E-state index is -3.54. The summed E-state index contributed by atoms with van der Waals surface area (Å²) in [6.07, 6.45) is 0.00807. The Labute approximate surface area is 122 Å². The lowest BCUT2D eigenvalue weighted by molar-refractivity contribution is -0.0645. The van der Waals surface area contributed by atoms with Crippen LogP contribution in [0.25, 0.3) is 0 Å². The van der Waals surface area contributed by atoms with Crippen LogP contribution in [-0.4, -0.2) is 25.7 Å². The highest BCUT2D eigenvalue weighted by Crippen LogP contribution is 2.41. The van der Waals surface area contributed by atoms with E-state index in [1.165, 1.54) is 0 Å². The van der Waals surface area contributed by atoms with Gasteiger partial charge in [-0.05, 0) is 37.1 Å². The first kappa shape index (κ1) is 15.0. The predicted octanol–water partition coefficient (Wildman–Crippen LogP) is 2.20. The van der Waals surface area contributed by atoms with Crippen LogP contribution in [-0.2, 0) is 10.0 Å². The van der Waals surface area contributed by atoms with Crippen molar-refractivity contribution in [1.82, 2.24) is 4.72 Å². The Balaban J connectivity index is 2.22. The van der Waals surface area contributed by atoms with Crippen molar-refractivity contribution in [3.63, 3.8) is 0 Å². The van der Waals surface area contributed by atoms with E-state index in [2.05, 4.69) is 20.7 Å². The third-order valence-electron chi connectivity index (χ3n) is 3.95. The monoisotopic (exact) mass is 347 g/mol. The second-order valence-corrected chi connectivity index (χ2v) is 8.23. The summed E-state index contributed by atoms with van der Waals surface area (Å²) in [6, 6.07) is 4.71. The molecule has 2 rings (SSSR count). The normalized spacial score (nSPS) is 25.9. The molecule has 6 heteroatoms. The van der Waals surface area contributed by atoms with Gasteiger partial charge in [0.2, 0.25) is 10.0 Å². The number of sulfonamides is 1. The van der Waals surface area contributed by atoms with Crippen molar-refractivity contribution in [2.45, 2.75) is 44.2 Å². The van der Waals surface area contributed by atoms with Gasteiger partial charge in [-0.15, -0.1) is 0 Å². The van der Waals surface area contributed by atoms with Gasteiger partial charge in [-0.1, -0.05) is 29.8 Å². The summed E-state index contributed by atoms with van der Waals surface area (Å²) in [5, 5.41) is 9.65. The molecule has 0 saturated heterocycles. The highest BCUT2D eigenvalue weighted by Gasteiger charge is 2.48. The Morgan fingerprint density at radius 2 is 2.05 bits per heavy atom. The molecule has 1 aliphatic carbocycles. The van der Waals surface area contributed by atoms with Gasteiger partial charge >= 0.3 is 0 Å². The number of hydrogen-bond acceptors (Lipinski definition) is 3. The zero-order valence-corrected chi connectivity index (χ0v) is 13.5. The maximum atomic E-state index is 12.3. The smallest absolute Gasteiger partial charge is 0.240 e. The molecule has 0 aliphatic heterocycles. The first-order chi connectivity index (χ1) is 8.64. The highest BCUT2D eigenvalue weighted by molar-refractivity contribution is 9.10. The fraction of sp³-hybridized carbons (Fsp3) is 0.538. The van der Waals surface area contributed by atoms with Gasteiger partial charge in [0.25, 0.3) is 0 Å². The molecule has 2 atom stereocenters. The summed E-state index contributed by atoms with van der Waals surface area (Å²) in [7, 11) is -3.54. The van der Waals surface area contributed by atoms with Gasteiger partial charge in [0, 0.05) is 15.9 Å². The van der Waals surface area contributed by atoms with E-state index in [0.29, 0.717) is 6.42 Å². The highest BCUT2D eigenvalue weighted by atomic mass is 79.9. The second-order valence-electron chi connectivity index (χ2n) is 5.66. The van der Waals surface area contributed by atoms with Crippen molar-refractivity contribution < 1.29 is 13.5 Å². The Morgan fingerprint density at radius 1 is 1.42 bits per heavy atom. The van der Waals surface area contributed by atoms with Crippen LogP contribution in [0, 0.1) is 12.3 Å². The topological polar surface area (TPSA) is 66.4 Å². The molecule has 0 bridgehead atoms. The molecule has 4 nitrogen and oxygen atoms in total. The summed E-state index contributed by atoms with van der Waals surface area (Å²) >= 11 is 3.35. The van der Waals surface area contributed by atoms with E-state index < -0.39 is 21.5 Å². The van der Waals surface area contributed by atoms with Gasteiger partial charge in [0.15, 0.2) is 0 Å². The molecular weight excluding hydrogens is 330 g/mol. The fourth-order valence-corrected chi connectivity index (χ4v) is 3.88. The maximum Gasteiger partial charge on any atom is 0.240 e. The molecule has 2 N–H and O–H groups in total. The maximum absolute atomic E-state index is 12.3. The molecule has 0 amide bonds. The van der Waals surface area contributed by atoms with Gasteiger partial charge in [-0.2, -0.15) is 0 Å². The first-order valence-corrected chi connectivity index (χ1v) is 8.39. The van der Waals surface area contributed by atoms with Crippen molar-refractivity contribution in [2.75, 3.05) is 0 Å². The lowest BCUT2D eigenvalue weighted by Crippen LogP contribution is -2.61. The number of halogens is 1. The number of hydrogen-bond donors (Lipinski definition) is 2. The lowest BCUT2D eigenvalue weighted by Gasteiger charge is -2.49. The van der Waals surface area contributed by atoms with E-state index in [9.17, 15) is 13.5 Å². The summed E-state index contributed by atoms with van der Waals surface area (Å²) in [5.74, 6) is 0. The minimum Gasteiger partial charge on any atom is -0.392 e. The summed E-state index contributed by atoms with van der Waals surface area (Å²) in [6.45, 7) is 5.57. The molecular formula is C13H18BrNO3S. The van der Waals surface area contributed by atoms with Crippen LogP contribution in [0.15, 0.2) is 27.6 Å². The molecule has 106 valence electrons. The fourth-order valence-electron chi connectivity index (χ4n) is 2.14. The lowest BCUT2D eigenvalue weighted by atomic mass is 9.65. The van der Waals surface area contributed by atoms with Gasteiger partial charge in [0.1, 0.15) is 0 Å². The third kappa shape index (κ3) is 2.72. The molecule has 2 unspecified atom stereocenters. The SMILES string of the molecule is Cc1cc(S(=O)(=O)NC2CC(O)C2(C)C)ccc1Br. The van der Waals surface area contributed by atoms with Crippen molar-refractivity contribution in [2.24, 2.45) is 5.41 Å². The molecule has 1 aromatic carbocycles. The van der Waals surface area contributed by atoms with Gasteiger partial charge < -0.3 is 5.11 Å². The summed E-state index contributed by atoms with van der Waals surface area (Å²) < 4.78 is 28.1. The Hall–Kier alpha value is -0.430. The number of aliphatic hydroxyl groups is 1. The van der Waals surface area contributed by atoms with Gasteiger partial charge in [0.05, 0.1) is 11.0 Å². The molecule has 1 aliphatic rings. The standard InChI is InChI=1S/C13H18BrNO3S/c1-8-6-9(4-5-10(8)14)19(17,18)15-11-7-12(16)13(11,2)3/h4-6,11-12,15-16H,7H2,1-3H3. The number of aryl methyl sites for hydroxylation is 1. The van der Waals surface area contributed by atoms with Gasteiger partial charge in [-0.25, -0.2) is 13.1 Å². The molecule has 0 heterocycles. The molecule has 0 radical (unpaired) electrons. The molecule has 1 saturated carbocycles. The van der Waals surface area contributed by atoms with Crippen LogP contribution >= 0.6 is 15.9 Å². The predicted molar refractivity (Wildman–Crippen MR) is 77.4 cm³/mol. The molecule has 1 fully saturated rings. The third-order valence-corrected chi connectivity index (χ3v) is 6.31. The van der Waals surface area contributed by atoms with E-state index in [0.717, 1.165) is 10.0 Å². The van der Waals surface area contributed by atoms with Crippen molar-refractivity contribution in [3.8, 4) is 0 Å². The van der Waals surface area contributed by atoms with E-state index in [1.54, 1.807) is 18.2 Å². The van der Waals surface area contributed by atoms with Crippen molar-refractivity contribution >= 4 is 26.0 Å². The summed E-state index contributed by atoms with van der Waals surface area (Å²) in [4.78, 5) is 0.255. The zero-order chi connectivity index (χ0) is 14.4. The number of nitrogens with one attached hydrogen (secondary N) is 1. The molecule has 0 aromatic heterocycles. The number of benzene rings is 1. The van der Waals surface area contributed by atoms with Gasteiger partial charge in [-0.3, -0.25) is 0 Å². The van der Waals surface area contributed by atoms with Crippen molar-refractivity contribution in [3.05, 3.63) is 28.2 Å². The molecule has 19 heavy (non-hydrogen) atoms. The van der Waals surface area contributed by atoms with E-state index >= 15 is 0 Å². The largest absolute Gasteiger partial charge is 0.392 e. The quantitative estimate of drug-likeness (QED) is 0.880. The zero-order valence-electron chi connectivity index (χ0n) is 11.1. The van der Waals surface area contributed by atoms with Crippen LogP contribution in [0.4, 0.5) is 0 Å².